The number of anilines is 2. The van der Waals surface area contributed by atoms with E-state index in [-0.39, 0.29) is 17.7 Å². The van der Waals surface area contributed by atoms with Crippen LogP contribution >= 0.6 is 0 Å². The first kappa shape index (κ1) is 16.8. The van der Waals surface area contributed by atoms with Crippen LogP contribution < -0.4 is 16.0 Å². The second-order valence-corrected chi connectivity index (χ2v) is 7.03. The number of carbonyl (C=O) groups excluding carboxylic acids is 2. The summed E-state index contributed by atoms with van der Waals surface area (Å²) in [6.45, 7) is 1.55. The van der Waals surface area contributed by atoms with Crippen LogP contribution in [0.4, 0.5) is 11.4 Å². The van der Waals surface area contributed by atoms with E-state index in [0.717, 1.165) is 31.6 Å². The van der Waals surface area contributed by atoms with Crippen molar-refractivity contribution in [2.45, 2.75) is 31.2 Å². The number of hydrogen-bond acceptors (Lipinski definition) is 4. The number of piperidine rings is 1. The van der Waals surface area contributed by atoms with E-state index in [0.29, 0.717) is 18.5 Å². The number of benzene rings is 1. The lowest BCUT2D eigenvalue weighted by molar-refractivity contribution is -0.126. The van der Waals surface area contributed by atoms with Crippen LogP contribution in [0.5, 0.6) is 0 Å². The summed E-state index contributed by atoms with van der Waals surface area (Å²) in [4.78, 5) is 24.9. The Kier molecular flexibility index (Phi) is 4.46. The highest BCUT2D eigenvalue weighted by molar-refractivity contribution is 5.97. The Labute approximate surface area is 152 Å². The van der Waals surface area contributed by atoms with Crippen LogP contribution in [0.1, 0.15) is 25.7 Å². The van der Waals surface area contributed by atoms with Crippen LogP contribution in [0, 0.1) is 5.92 Å². The van der Waals surface area contributed by atoms with E-state index in [1.807, 2.05) is 36.5 Å². The predicted octanol–water partition coefficient (Wildman–Crippen LogP) is 1.95. The van der Waals surface area contributed by atoms with E-state index >= 15 is 0 Å². The summed E-state index contributed by atoms with van der Waals surface area (Å²) in [5.74, 6) is 0.190. The third-order valence-corrected chi connectivity index (χ3v) is 5.15. The summed E-state index contributed by atoms with van der Waals surface area (Å²) in [5.41, 5.74) is 0.793. The number of hydrogen-bond donors (Lipinski definition) is 3. The zero-order valence-electron chi connectivity index (χ0n) is 14.6. The first-order valence-corrected chi connectivity index (χ1v) is 9.11. The molecular weight excluding hydrogens is 330 g/mol. The highest BCUT2D eigenvalue weighted by Crippen LogP contribution is 2.31. The fourth-order valence-corrected chi connectivity index (χ4v) is 3.40. The van der Waals surface area contributed by atoms with Crippen LogP contribution in [0.15, 0.2) is 42.7 Å². The molecule has 2 amide bonds. The molecule has 136 valence electrons. The number of nitrogens with zero attached hydrogens (tertiary/aromatic N) is 2. The molecule has 1 saturated carbocycles. The van der Waals surface area contributed by atoms with Crippen LogP contribution in [0.3, 0.4) is 0 Å². The molecule has 0 atom stereocenters. The molecule has 0 unspecified atom stereocenters. The van der Waals surface area contributed by atoms with Gasteiger partial charge in [-0.1, -0.05) is 0 Å². The lowest BCUT2D eigenvalue weighted by atomic mass is 9.87. The van der Waals surface area contributed by atoms with Crippen molar-refractivity contribution in [3.8, 4) is 0 Å². The van der Waals surface area contributed by atoms with Crippen LogP contribution in [0.2, 0.25) is 0 Å². The second kappa shape index (κ2) is 6.92. The number of nitrogens with one attached hydrogen (secondary N) is 3. The van der Waals surface area contributed by atoms with E-state index in [1.165, 1.54) is 0 Å². The van der Waals surface area contributed by atoms with Crippen molar-refractivity contribution in [1.29, 1.82) is 0 Å². The molecule has 0 radical (unpaired) electrons. The monoisotopic (exact) mass is 353 g/mol. The van der Waals surface area contributed by atoms with Gasteiger partial charge in [-0.2, -0.15) is 5.10 Å². The summed E-state index contributed by atoms with van der Waals surface area (Å²) in [6.07, 6.45) is 6.89. The molecule has 7 heteroatoms. The minimum atomic E-state index is -0.673. The van der Waals surface area contributed by atoms with Gasteiger partial charge in [0.25, 0.3) is 5.91 Å². The molecule has 0 bridgehead atoms. The summed E-state index contributed by atoms with van der Waals surface area (Å²) in [5, 5.41) is 13.5. The molecule has 3 N–H and O–H groups in total. The third-order valence-electron chi connectivity index (χ3n) is 5.15. The van der Waals surface area contributed by atoms with Gasteiger partial charge in [0.2, 0.25) is 5.91 Å². The van der Waals surface area contributed by atoms with Gasteiger partial charge >= 0.3 is 0 Å². The highest BCUT2D eigenvalue weighted by Gasteiger charge is 2.42. The molecule has 2 fully saturated rings. The Morgan fingerprint density at radius 1 is 1.08 bits per heavy atom. The fraction of sp³-hybridized carbons (Fsp3) is 0.421. The molecule has 4 rings (SSSR count). The Balaban J connectivity index is 1.46. The zero-order valence-corrected chi connectivity index (χ0v) is 14.6. The summed E-state index contributed by atoms with van der Waals surface area (Å²) in [7, 11) is 0. The van der Waals surface area contributed by atoms with E-state index in [4.69, 9.17) is 0 Å². The van der Waals surface area contributed by atoms with Gasteiger partial charge in [0, 0.05) is 29.7 Å². The Hall–Kier alpha value is -2.67. The molecule has 1 aliphatic heterocycles. The lowest BCUT2D eigenvalue weighted by Crippen LogP contribution is -2.52. The molecule has 1 saturated heterocycles. The summed E-state index contributed by atoms with van der Waals surface area (Å²) in [6, 6.07) is 9.11. The third kappa shape index (κ3) is 3.35. The maximum absolute atomic E-state index is 13.1. The van der Waals surface area contributed by atoms with Crippen molar-refractivity contribution in [1.82, 2.24) is 15.1 Å². The number of amides is 2. The van der Waals surface area contributed by atoms with Gasteiger partial charge < -0.3 is 16.0 Å². The minimum Gasteiger partial charge on any atom is -0.326 e. The van der Waals surface area contributed by atoms with Gasteiger partial charge in [-0.25, -0.2) is 0 Å². The predicted molar refractivity (Wildman–Crippen MR) is 98.7 cm³/mol. The largest absolute Gasteiger partial charge is 0.326 e. The molecule has 2 aliphatic rings. The zero-order chi connectivity index (χ0) is 18.0. The van der Waals surface area contributed by atoms with E-state index in [2.05, 4.69) is 21.0 Å². The maximum Gasteiger partial charge on any atom is 0.252 e. The molecular formula is C19H23N5O2. The standard InChI is InChI=1S/C19H23N5O2/c25-17(14-2-3-14)22-15-4-6-16(7-5-15)23-18(26)19(8-11-20-12-9-19)24-13-1-10-21-24/h1,4-7,10,13-14,20H,2-3,8-9,11-12H2,(H,22,25)(H,23,26). The van der Waals surface area contributed by atoms with Gasteiger partial charge in [0.15, 0.2) is 0 Å². The Morgan fingerprint density at radius 2 is 1.73 bits per heavy atom. The first-order chi connectivity index (χ1) is 12.7. The van der Waals surface area contributed by atoms with Crippen LogP contribution in [-0.2, 0) is 15.1 Å². The Bertz CT molecular complexity index is 775. The van der Waals surface area contributed by atoms with Crippen molar-refractivity contribution < 1.29 is 9.59 Å². The van der Waals surface area contributed by atoms with Gasteiger partial charge in [0.1, 0.15) is 5.54 Å². The van der Waals surface area contributed by atoms with E-state index < -0.39 is 5.54 Å². The highest BCUT2D eigenvalue weighted by atomic mass is 16.2. The van der Waals surface area contributed by atoms with Crippen molar-refractivity contribution >= 4 is 23.2 Å². The molecule has 0 spiro atoms. The van der Waals surface area contributed by atoms with E-state index in [1.54, 1.807) is 10.9 Å². The Morgan fingerprint density at radius 3 is 2.31 bits per heavy atom. The average Bonchev–Trinajstić information content (AvgIpc) is 3.38. The SMILES string of the molecule is O=C(Nc1ccc(NC(=O)C2(n3cccn3)CCNCC2)cc1)C1CC1. The van der Waals surface area contributed by atoms with Crippen molar-refractivity contribution in [2.75, 3.05) is 23.7 Å². The molecule has 26 heavy (non-hydrogen) atoms. The molecule has 2 heterocycles. The molecule has 2 aromatic rings. The lowest BCUT2D eigenvalue weighted by Gasteiger charge is -2.36. The number of aromatic nitrogens is 2. The van der Waals surface area contributed by atoms with Crippen LogP contribution in [0.25, 0.3) is 0 Å². The van der Waals surface area contributed by atoms with Gasteiger partial charge in [-0.05, 0) is 69.1 Å². The van der Waals surface area contributed by atoms with Crippen LogP contribution in [-0.4, -0.2) is 34.7 Å². The second-order valence-electron chi connectivity index (χ2n) is 7.03. The van der Waals surface area contributed by atoms with Crippen molar-refractivity contribution in [3.63, 3.8) is 0 Å². The molecule has 7 nitrogen and oxygen atoms in total. The van der Waals surface area contributed by atoms with Gasteiger partial charge in [0.05, 0.1) is 0 Å². The minimum absolute atomic E-state index is 0.0579. The molecule has 1 aromatic carbocycles. The first-order valence-electron chi connectivity index (χ1n) is 9.11. The van der Waals surface area contributed by atoms with Gasteiger partial charge in [-0.3, -0.25) is 14.3 Å². The molecule has 1 aliphatic carbocycles. The van der Waals surface area contributed by atoms with Crippen molar-refractivity contribution in [2.24, 2.45) is 5.92 Å². The van der Waals surface area contributed by atoms with Gasteiger partial charge in [-0.15, -0.1) is 0 Å². The number of carbonyl (C=O) groups is 2. The maximum atomic E-state index is 13.1. The summed E-state index contributed by atoms with van der Waals surface area (Å²) >= 11 is 0. The number of rotatable bonds is 5. The quantitative estimate of drug-likeness (QED) is 0.767. The fourth-order valence-electron chi connectivity index (χ4n) is 3.40. The van der Waals surface area contributed by atoms with E-state index in [9.17, 15) is 9.59 Å². The summed E-state index contributed by atoms with van der Waals surface area (Å²) < 4.78 is 1.77. The normalized spacial score (nSPS) is 18.9. The smallest absolute Gasteiger partial charge is 0.252 e. The molecule has 1 aromatic heterocycles. The topological polar surface area (TPSA) is 88.1 Å². The van der Waals surface area contributed by atoms with Crippen molar-refractivity contribution in [3.05, 3.63) is 42.7 Å². The average molecular weight is 353 g/mol.